The van der Waals surface area contributed by atoms with Crippen LogP contribution < -0.4 is 5.43 Å². The van der Waals surface area contributed by atoms with Gasteiger partial charge in [0.05, 0.1) is 6.61 Å². The lowest BCUT2D eigenvalue weighted by molar-refractivity contribution is 0.0468. The summed E-state index contributed by atoms with van der Waals surface area (Å²) in [6, 6.07) is 0.429. The summed E-state index contributed by atoms with van der Waals surface area (Å²) in [5, 5.41) is 2.32. The zero-order valence-electron chi connectivity index (χ0n) is 10.5. The van der Waals surface area contributed by atoms with E-state index in [2.05, 4.69) is 36.2 Å². The number of hydrazine groups is 1. The summed E-state index contributed by atoms with van der Waals surface area (Å²) < 4.78 is 5.23. The van der Waals surface area contributed by atoms with E-state index in [1.54, 1.807) is 7.11 Å². The fourth-order valence-electron chi connectivity index (χ4n) is 1.73. The molecule has 15 heavy (non-hydrogen) atoms. The quantitative estimate of drug-likeness (QED) is 0.719. The minimum atomic E-state index is 0.429. The molecule has 0 bridgehead atoms. The van der Waals surface area contributed by atoms with Gasteiger partial charge in [0.25, 0.3) is 0 Å². The molecule has 4 nitrogen and oxygen atoms in total. The second-order valence-electron chi connectivity index (χ2n) is 4.73. The number of likely N-dealkylation sites (N-methyl/N-ethyl adjacent to an activating group) is 1. The second-order valence-corrected chi connectivity index (χ2v) is 4.73. The maximum absolute atomic E-state index is 5.23. The SMILES string of the molecule is COCC(NN1CCN(C)CC1)C(C)C. The van der Waals surface area contributed by atoms with Gasteiger partial charge in [-0.25, -0.2) is 10.4 Å². The molecule has 1 aliphatic rings. The van der Waals surface area contributed by atoms with Crippen molar-refractivity contribution in [1.82, 2.24) is 15.3 Å². The number of hydrogen-bond acceptors (Lipinski definition) is 4. The Morgan fingerprint density at radius 3 is 2.27 bits per heavy atom. The Kier molecular flexibility index (Phi) is 5.53. The van der Waals surface area contributed by atoms with E-state index in [4.69, 9.17) is 4.74 Å². The topological polar surface area (TPSA) is 27.7 Å². The van der Waals surface area contributed by atoms with Gasteiger partial charge in [0.1, 0.15) is 0 Å². The molecule has 0 aromatic heterocycles. The highest BCUT2D eigenvalue weighted by Gasteiger charge is 2.19. The standard InChI is InChI=1S/C11H25N3O/c1-10(2)11(9-15-4)12-14-7-5-13(3)6-8-14/h10-12H,5-9H2,1-4H3. The lowest BCUT2D eigenvalue weighted by atomic mass is 10.1. The molecule has 1 rings (SSSR count). The lowest BCUT2D eigenvalue weighted by Crippen LogP contribution is -2.55. The molecule has 0 aromatic rings. The first-order chi connectivity index (χ1) is 7.13. The van der Waals surface area contributed by atoms with Crippen molar-refractivity contribution < 1.29 is 4.74 Å². The van der Waals surface area contributed by atoms with Crippen molar-refractivity contribution in [3.8, 4) is 0 Å². The third-order valence-electron chi connectivity index (χ3n) is 3.00. The van der Waals surface area contributed by atoms with E-state index < -0.39 is 0 Å². The molecule has 0 radical (unpaired) electrons. The smallest absolute Gasteiger partial charge is 0.0632 e. The Bertz CT molecular complexity index is 167. The van der Waals surface area contributed by atoms with Crippen molar-refractivity contribution in [2.45, 2.75) is 19.9 Å². The first-order valence-electron chi connectivity index (χ1n) is 5.82. The molecular formula is C11H25N3O. The second kappa shape index (κ2) is 6.43. The van der Waals surface area contributed by atoms with E-state index in [0.29, 0.717) is 12.0 Å². The van der Waals surface area contributed by atoms with Gasteiger partial charge < -0.3 is 9.64 Å². The molecule has 0 saturated carbocycles. The summed E-state index contributed by atoms with van der Waals surface area (Å²) in [4.78, 5) is 2.36. The van der Waals surface area contributed by atoms with Crippen LogP contribution in [0.25, 0.3) is 0 Å². The van der Waals surface area contributed by atoms with Crippen molar-refractivity contribution in [3.63, 3.8) is 0 Å². The number of piperazine rings is 1. The lowest BCUT2D eigenvalue weighted by Gasteiger charge is -2.36. The van der Waals surface area contributed by atoms with Gasteiger partial charge in [-0.05, 0) is 13.0 Å². The van der Waals surface area contributed by atoms with Crippen molar-refractivity contribution in [2.75, 3.05) is 46.9 Å². The predicted molar refractivity (Wildman–Crippen MR) is 62.7 cm³/mol. The van der Waals surface area contributed by atoms with Gasteiger partial charge >= 0.3 is 0 Å². The Morgan fingerprint density at radius 2 is 1.80 bits per heavy atom. The number of rotatable bonds is 5. The van der Waals surface area contributed by atoms with Gasteiger partial charge in [0.2, 0.25) is 0 Å². The van der Waals surface area contributed by atoms with Crippen LogP contribution in [0.1, 0.15) is 13.8 Å². The molecule has 4 heteroatoms. The Labute approximate surface area is 93.5 Å². The molecule has 1 fully saturated rings. The van der Waals surface area contributed by atoms with Crippen molar-refractivity contribution in [1.29, 1.82) is 0 Å². The van der Waals surface area contributed by atoms with Crippen LogP contribution in [0.2, 0.25) is 0 Å². The van der Waals surface area contributed by atoms with Crippen LogP contribution in [-0.2, 0) is 4.74 Å². The van der Waals surface area contributed by atoms with E-state index >= 15 is 0 Å². The first kappa shape index (κ1) is 12.9. The predicted octanol–water partition coefficient (Wildman–Crippen LogP) is 0.409. The zero-order chi connectivity index (χ0) is 11.3. The number of methoxy groups -OCH3 is 1. The van der Waals surface area contributed by atoms with Gasteiger partial charge in [-0.1, -0.05) is 13.8 Å². The molecule has 0 aromatic carbocycles. The van der Waals surface area contributed by atoms with E-state index in [1.165, 1.54) is 0 Å². The highest BCUT2D eigenvalue weighted by atomic mass is 16.5. The number of hydrogen-bond donors (Lipinski definition) is 1. The van der Waals surface area contributed by atoms with E-state index in [9.17, 15) is 0 Å². The van der Waals surface area contributed by atoms with Gasteiger partial charge in [-0.3, -0.25) is 0 Å². The van der Waals surface area contributed by atoms with Crippen LogP contribution in [0.3, 0.4) is 0 Å². The van der Waals surface area contributed by atoms with Crippen LogP contribution in [0.5, 0.6) is 0 Å². The van der Waals surface area contributed by atoms with Gasteiger partial charge in [-0.15, -0.1) is 0 Å². The number of nitrogens with zero attached hydrogens (tertiary/aromatic N) is 2. The minimum Gasteiger partial charge on any atom is -0.383 e. The van der Waals surface area contributed by atoms with Crippen LogP contribution in [-0.4, -0.2) is 62.9 Å². The van der Waals surface area contributed by atoms with Gasteiger partial charge in [-0.2, -0.15) is 0 Å². The molecule has 1 atom stereocenters. The summed E-state index contributed by atoms with van der Waals surface area (Å²) in [6.45, 7) is 9.73. The van der Waals surface area contributed by atoms with Crippen molar-refractivity contribution >= 4 is 0 Å². The molecule has 0 aliphatic carbocycles. The van der Waals surface area contributed by atoms with Crippen LogP contribution in [0.4, 0.5) is 0 Å². The monoisotopic (exact) mass is 215 g/mol. The van der Waals surface area contributed by atoms with Crippen LogP contribution in [0, 0.1) is 5.92 Å². The average molecular weight is 215 g/mol. The fraction of sp³-hybridized carbons (Fsp3) is 1.00. The Hall–Kier alpha value is -0.160. The maximum atomic E-state index is 5.23. The van der Waals surface area contributed by atoms with E-state index in [0.717, 1.165) is 32.8 Å². The average Bonchev–Trinajstić information content (AvgIpc) is 2.20. The summed E-state index contributed by atoms with van der Waals surface area (Å²) in [5.74, 6) is 0.601. The minimum absolute atomic E-state index is 0.429. The Balaban J connectivity index is 2.31. The molecule has 1 N–H and O–H groups in total. The molecule has 1 unspecified atom stereocenters. The largest absolute Gasteiger partial charge is 0.383 e. The highest BCUT2D eigenvalue weighted by molar-refractivity contribution is 4.72. The molecule has 1 saturated heterocycles. The number of ether oxygens (including phenoxy) is 1. The first-order valence-corrected chi connectivity index (χ1v) is 5.82. The molecular weight excluding hydrogens is 190 g/mol. The Morgan fingerprint density at radius 1 is 1.20 bits per heavy atom. The van der Waals surface area contributed by atoms with Gasteiger partial charge in [0.15, 0.2) is 0 Å². The summed E-state index contributed by atoms with van der Waals surface area (Å²) in [5.41, 5.74) is 3.56. The van der Waals surface area contributed by atoms with Crippen molar-refractivity contribution in [2.24, 2.45) is 5.92 Å². The molecule has 1 aliphatic heterocycles. The fourth-order valence-corrected chi connectivity index (χ4v) is 1.73. The summed E-state index contributed by atoms with van der Waals surface area (Å²) in [6.07, 6.45) is 0. The normalized spacial score (nSPS) is 22.2. The van der Waals surface area contributed by atoms with E-state index in [1.807, 2.05) is 0 Å². The highest BCUT2D eigenvalue weighted by Crippen LogP contribution is 2.04. The van der Waals surface area contributed by atoms with Crippen LogP contribution in [0.15, 0.2) is 0 Å². The zero-order valence-corrected chi connectivity index (χ0v) is 10.5. The molecule has 1 heterocycles. The molecule has 0 spiro atoms. The van der Waals surface area contributed by atoms with E-state index in [-0.39, 0.29) is 0 Å². The van der Waals surface area contributed by atoms with Crippen LogP contribution >= 0.6 is 0 Å². The van der Waals surface area contributed by atoms with Gasteiger partial charge in [0, 0.05) is 39.3 Å². The summed E-state index contributed by atoms with van der Waals surface area (Å²) >= 11 is 0. The molecule has 0 amide bonds. The third-order valence-corrected chi connectivity index (χ3v) is 3.00. The summed E-state index contributed by atoms with van der Waals surface area (Å²) in [7, 11) is 3.94. The van der Waals surface area contributed by atoms with Crippen molar-refractivity contribution in [3.05, 3.63) is 0 Å². The number of nitrogens with one attached hydrogen (secondary N) is 1. The third kappa shape index (κ3) is 4.47. The molecule has 90 valence electrons. The maximum Gasteiger partial charge on any atom is 0.0632 e.